The zero-order chi connectivity index (χ0) is 28.5. The number of benzene rings is 2. The molecule has 3 N–H and O–H groups in total. The second kappa shape index (κ2) is 14.8. The van der Waals surface area contributed by atoms with Crippen molar-refractivity contribution >= 4 is 23.6 Å². The minimum atomic E-state index is -0.852. The molecule has 2 amide bonds. The molecule has 1 aliphatic heterocycles. The van der Waals surface area contributed by atoms with Crippen molar-refractivity contribution in [1.82, 2.24) is 10.2 Å². The second-order valence-electron chi connectivity index (χ2n) is 10.7. The van der Waals surface area contributed by atoms with Crippen LogP contribution in [0, 0.1) is 11.8 Å². The van der Waals surface area contributed by atoms with E-state index in [4.69, 9.17) is 31.5 Å². The van der Waals surface area contributed by atoms with Crippen molar-refractivity contribution in [2.75, 3.05) is 46.5 Å². The molecular formula is C31H42ClN3O5. The predicted octanol–water partition coefficient (Wildman–Crippen LogP) is 4.98. The van der Waals surface area contributed by atoms with Crippen LogP contribution in [0.25, 0.3) is 11.1 Å². The van der Waals surface area contributed by atoms with Crippen LogP contribution in [0.3, 0.4) is 0 Å². The lowest BCUT2D eigenvalue weighted by Crippen LogP contribution is -2.50. The summed E-state index contributed by atoms with van der Waals surface area (Å²) in [4.78, 5) is 26.7. The number of amides is 2. The topological polar surface area (TPSA) is 103 Å². The summed E-state index contributed by atoms with van der Waals surface area (Å²) >= 11 is 6.81. The summed E-state index contributed by atoms with van der Waals surface area (Å²) in [5.41, 5.74) is 9.08. The normalized spacial score (nSPS) is 22.1. The number of carbonyl (C=O) groups is 2. The van der Waals surface area contributed by atoms with Gasteiger partial charge in [-0.25, -0.2) is 4.79 Å². The van der Waals surface area contributed by atoms with Crippen molar-refractivity contribution in [2.24, 2.45) is 17.6 Å². The van der Waals surface area contributed by atoms with E-state index >= 15 is 0 Å². The number of carbonyl (C=O) groups excluding carboxylic acids is 2. The van der Waals surface area contributed by atoms with E-state index in [1.165, 1.54) is 5.56 Å². The molecule has 2 fully saturated rings. The summed E-state index contributed by atoms with van der Waals surface area (Å²) in [5, 5.41) is 3.87. The monoisotopic (exact) mass is 571 g/mol. The number of hydrogen-bond donors (Lipinski definition) is 2. The van der Waals surface area contributed by atoms with Crippen LogP contribution in [0.1, 0.15) is 49.8 Å². The van der Waals surface area contributed by atoms with Crippen LogP contribution in [-0.4, -0.2) is 69.5 Å². The van der Waals surface area contributed by atoms with Crippen LogP contribution in [0.4, 0.5) is 4.79 Å². The Labute approximate surface area is 242 Å². The molecule has 1 saturated heterocycles. The summed E-state index contributed by atoms with van der Waals surface area (Å²) in [6.07, 6.45) is 3.07. The van der Waals surface area contributed by atoms with E-state index in [0.717, 1.165) is 55.3 Å². The van der Waals surface area contributed by atoms with E-state index in [1.807, 2.05) is 42.3 Å². The molecule has 2 atom stereocenters. The zero-order valence-corrected chi connectivity index (χ0v) is 24.3. The lowest BCUT2D eigenvalue weighted by molar-refractivity contribution is -0.154. The number of primary amides is 1. The maximum absolute atomic E-state index is 13.6. The van der Waals surface area contributed by atoms with Gasteiger partial charge >= 0.3 is 6.09 Å². The average Bonchev–Trinajstić information content (AvgIpc) is 2.97. The van der Waals surface area contributed by atoms with Crippen molar-refractivity contribution in [3.8, 4) is 11.1 Å². The Balaban J connectivity index is 1.58. The number of nitrogens with two attached hydrogens (primary N) is 1. The molecule has 0 spiro atoms. The lowest BCUT2D eigenvalue weighted by Gasteiger charge is -2.40. The van der Waals surface area contributed by atoms with Crippen LogP contribution in [0.2, 0.25) is 5.02 Å². The summed E-state index contributed by atoms with van der Waals surface area (Å²) < 4.78 is 17.5. The van der Waals surface area contributed by atoms with Crippen LogP contribution < -0.4 is 11.1 Å². The van der Waals surface area contributed by atoms with E-state index < -0.39 is 18.3 Å². The number of aryl methyl sites for hydroxylation is 1. The largest absolute Gasteiger partial charge is 0.447 e. The molecule has 2 aliphatic rings. The van der Waals surface area contributed by atoms with Crippen molar-refractivity contribution in [1.29, 1.82) is 0 Å². The quantitative estimate of drug-likeness (QED) is 0.369. The van der Waals surface area contributed by atoms with Gasteiger partial charge in [-0.3, -0.25) is 4.79 Å². The number of morpholine rings is 1. The molecular weight excluding hydrogens is 530 g/mol. The van der Waals surface area contributed by atoms with Gasteiger partial charge in [0, 0.05) is 29.6 Å². The molecule has 0 aromatic heterocycles. The zero-order valence-electron chi connectivity index (χ0n) is 23.6. The first-order chi connectivity index (χ1) is 19.4. The van der Waals surface area contributed by atoms with Crippen LogP contribution in [-0.2, 0) is 25.4 Å². The summed E-state index contributed by atoms with van der Waals surface area (Å²) in [6.45, 7) is 4.65. The highest BCUT2D eigenvalue weighted by Crippen LogP contribution is 2.39. The molecule has 0 unspecified atom stereocenters. The van der Waals surface area contributed by atoms with E-state index in [2.05, 4.69) is 24.4 Å². The van der Waals surface area contributed by atoms with E-state index in [1.54, 1.807) is 0 Å². The van der Waals surface area contributed by atoms with Gasteiger partial charge in [-0.05, 0) is 74.4 Å². The fraction of sp³-hybridized carbons (Fsp3) is 0.548. The van der Waals surface area contributed by atoms with Gasteiger partial charge in [-0.15, -0.1) is 0 Å². The van der Waals surface area contributed by atoms with Gasteiger partial charge in [-0.1, -0.05) is 54.9 Å². The Morgan fingerprint density at radius 2 is 1.93 bits per heavy atom. The number of halogens is 1. The SMILES string of the molecule is CCc1cccc(-c2c(Cl)cccc2[C@H](OCCOC(N)=O)[C@H]2CN(C(=O)[C@H]3CC[C@H](CNC)CC3)CCO2)c1. The van der Waals surface area contributed by atoms with Gasteiger partial charge in [0.2, 0.25) is 5.91 Å². The fourth-order valence-corrected chi connectivity index (χ4v) is 6.25. The first-order valence-electron chi connectivity index (χ1n) is 14.4. The molecule has 2 aromatic rings. The predicted molar refractivity (Wildman–Crippen MR) is 156 cm³/mol. The molecule has 4 rings (SSSR count). The molecule has 8 nitrogen and oxygen atoms in total. The Hall–Kier alpha value is -2.65. The maximum atomic E-state index is 13.6. The minimum absolute atomic E-state index is 0.0122. The van der Waals surface area contributed by atoms with Crippen molar-refractivity contribution in [3.63, 3.8) is 0 Å². The minimum Gasteiger partial charge on any atom is -0.447 e. The molecule has 1 aliphatic carbocycles. The van der Waals surface area contributed by atoms with E-state index in [0.29, 0.717) is 30.6 Å². The molecule has 2 aromatic carbocycles. The van der Waals surface area contributed by atoms with Gasteiger partial charge < -0.3 is 30.2 Å². The number of ether oxygens (including phenoxy) is 3. The highest BCUT2D eigenvalue weighted by molar-refractivity contribution is 6.33. The Morgan fingerprint density at radius 3 is 2.65 bits per heavy atom. The van der Waals surface area contributed by atoms with Crippen LogP contribution in [0.5, 0.6) is 0 Å². The number of nitrogens with zero attached hydrogens (tertiary/aromatic N) is 1. The molecule has 218 valence electrons. The third-order valence-corrected chi connectivity index (χ3v) is 8.35. The molecule has 0 radical (unpaired) electrons. The third kappa shape index (κ3) is 7.75. The number of hydrogen-bond acceptors (Lipinski definition) is 6. The van der Waals surface area contributed by atoms with Gasteiger partial charge in [0.15, 0.2) is 0 Å². The highest BCUT2D eigenvalue weighted by Gasteiger charge is 2.37. The smallest absolute Gasteiger partial charge is 0.404 e. The summed E-state index contributed by atoms with van der Waals surface area (Å²) in [7, 11) is 1.98. The van der Waals surface area contributed by atoms with Gasteiger partial charge in [0.25, 0.3) is 0 Å². The second-order valence-corrected chi connectivity index (χ2v) is 11.1. The summed E-state index contributed by atoms with van der Waals surface area (Å²) in [6, 6.07) is 14.1. The maximum Gasteiger partial charge on any atom is 0.404 e. The molecule has 1 saturated carbocycles. The number of rotatable bonds is 11. The van der Waals surface area contributed by atoms with Crippen molar-refractivity contribution in [3.05, 3.63) is 58.6 Å². The van der Waals surface area contributed by atoms with Crippen LogP contribution in [0.15, 0.2) is 42.5 Å². The van der Waals surface area contributed by atoms with Gasteiger partial charge in [0.05, 0.1) is 13.2 Å². The first-order valence-corrected chi connectivity index (χ1v) is 14.8. The van der Waals surface area contributed by atoms with Crippen LogP contribution >= 0.6 is 11.6 Å². The lowest BCUT2D eigenvalue weighted by atomic mass is 9.81. The van der Waals surface area contributed by atoms with E-state index in [-0.39, 0.29) is 25.0 Å². The van der Waals surface area contributed by atoms with Gasteiger partial charge in [-0.2, -0.15) is 0 Å². The Bertz CT molecular complexity index is 1140. The standard InChI is InChI=1S/C31H42ClN3O5/c1-3-21-6-4-7-24(18-21)28-25(8-5-9-26(28)32)29(39-16-17-40-31(33)37)27-20-35(14-15-38-27)30(36)23-12-10-22(11-13-23)19-34-2/h4-9,18,22-23,27,29,34H,3,10-17,19-20H2,1-2H3,(H2,33,37)/t22-,23-,27-,29+/m1/s1. The van der Waals surface area contributed by atoms with E-state index in [9.17, 15) is 9.59 Å². The fourth-order valence-electron chi connectivity index (χ4n) is 5.96. The first kappa shape index (κ1) is 30.3. The molecule has 1 heterocycles. The summed E-state index contributed by atoms with van der Waals surface area (Å²) in [5.74, 6) is 0.891. The third-order valence-electron chi connectivity index (χ3n) is 8.03. The van der Waals surface area contributed by atoms with Crippen molar-refractivity contribution < 1.29 is 23.8 Å². The molecule has 9 heteroatoms. The average molecular weight is 572 g/mol. The highest BCUT2D eigenvalue weighted by atomic mass is 35.5. The Morgan fingerprint density at radius 1 is 1.15 bits per heavy atom. The molecule has 0 bridgehead atoms. The van der Waals surface area contributed by atoms with Crippen molar-refractivity contribution in [2.45, 2.75) is 51.2 Å². The Kier molecular flexibility index (Phi) is 11.2. The number of nitrogens with one attached hydrogen (secondary N) is 1. The molecule has 40 heavy (non-hydrogen) atoms. The van der Waals surface area contributed by atoms with Gasteiger partial charge in [0.1, 0.15) is 18.8 Å².